The summed E-state index contributed by atoms with van der Waals surface area (Å²) in [5, 5.41) is 36.8. The van der Waals surface area contributed by atoms with Crippen molar-refractivity contribution >= 4 is 23.9 Å². The van der Waals surface area contributed by atoms with E-state index in [9.17, 15) is 19.2 Å². The van der Waals surface area contributed by atoms with Gasteiger partial charge in [0.1, 0.15) is 12.3 Å². The number of carbonyl (C=O) groups is 4. The van der Waals surface area contributed by atoms with Gasteiger partial charge in [-0.2, -0.15) is 0 Å². The summed E-state index contributed by atoms with van der Waals surface area (Å²) < 4.78 is 4.84. The highest BCUT2D eigenvalue weighted by atomic mass is 16.5. The van der Waals surface area contributed by atoms with Crippen LogP contribution in [0.15, 0.2) is 0 Å². The number of carboxylic acids is 4. The van der Waals surface area contributed by atoms with Gasteiger partial charge in [0.25, 0.3) is 0 Å². The van der Waals surface area contributed by atoms with E-state index in [0.717, 1.165) is 0 Å². The summed E-state index contributed by atoms with van der Waals surface area (Å²) >= 11 is 0. The van der Waals surface area contributed by atoms with E-state index in [1.54, 1.807) is 0 Å². The summed E-state index contributed by atoms with van der Waals surface area (Å²) in [6, 6.07) is -1.48. The van der Waals surface area contributed by atoms with Crippen molar-refractivity contribution in [3.8, 4) is 0 Å². The van der Waals surface area contributed by atoms with Crippen LogP contribution in [0.5, 0.6) is 0 Å². The fraction of sp³-hybridized carbons (Fsp3) is 0.600. The van der Waals surface area contributed by atoms with Crippen molar-refractivity contribution in [3.05, 3.63) is 0 Å². The monoisotopic (exact) mass is 293 g/mol. The maximum atomic E-state index is 10.8. The van der Waals surface area contributed by atoms with Crippen LogP contribution in [0.1, 0.15) is 19.8 Å². The van der Waals surface area contributed by atoms with Gasteiger partial charge < -0.3 is 25.2 Å². The number of hydrogen-bond donors (Lipinski definition) is 5. The first kappa shape index (κ1) is 17.8. The van der Waals surface area contributed by atoms with Crippen LogP contribution in [-0.4, -0.2) is 62.7 Å². The van der Waals surface area contributed by atoms with Crippen molar-refractivity contribution in [3.63, 3.8) is 0 Å². The largest absolute Gasteiger partial charge is 0.481 e. The molecule has 0 aliphatic carbocycles. The minimum absolute atomic E-state index is 0.736. The first-order valence-electron chi connectivity index (χ1n) is 5.44. The van der Waals surface area contributed by atoms with E-state index in [-0.39, 0.29) is 0 Å². The van der Waals surface area contributed by atoms with Crippen LogP contribution >= 0.6 is 0 Å². The Bertz CT molecular complexity index is 358. The molecule has 0 spiro atoms. The molecule has 0 radical (unpaired) electrons. The minimum atomic E-state index is -1.67. The Labute approximate surface area is 113 Å². The minimum Gasteiger partial charge on any atom is -0.481 e. The van der Waals surface area contributed by atoms with Crippen molar-refractivity contribution in [2.45, 2.75) is 38.1 Å². The molecule has 0 bridgehead atoms. The van der Waals surface area contributed by atoms with E-state index in [2.05, 4.69) is 5.32 Å². The Hall–Kier alpha value is -2.20. The molecular formula is C10H15NO9. The van der Waals surface area contributed by atoms with Crippen molar-refractivity contribution in [1.29, 1.82) is 0 Å². The predicted molar refractivity (Wildman–Crippen MR) is 61.0 cm³/mol. The standard InChI is InChI=1S/C10H15NO9/c1-4(11-5(9(16)17)2-7(12)13)20-6(10(18)19)3-8(14)15/h4-6,11H,2-3H2,1H3,(H,12,13)(H,14,15)(H,16,17)(H,18,19). The summed E-state index contributed by atoms with van der Waals surface area (Å²) in [4.78, 5) is 42.4. The van der Waals surface area contributed by atoms with Crippen LogP contribution in [-0.2, 0) is 23.9 Å². The van der Waals surface area contributed by atoms with Crippen LogP contribution in [0.4, 0.5) is 0 Å². The average Bonchev–Trinajstić information content (AvgIpc) is 2.25. The van der Waals surface area contributed by atoms with E-state index < -0.39 is 55.1 Å². The van der Waals surface area contributed by atoms with Gasteiger partial charge >= 0.3 is 23.9 Å². The molecule has 5 N–H and O–H groups in total. The number of rotatable bonds is 10. The fourth-order valence-electron chi connectivity index (χ4n) is 1.31. The highest BCUT2D eigenvalue weighted by Crippen LogP contribution is 2.04. The quantitative estimate of drug-likeness (QED) is 0.308. The topological polar surface area (TPSA) is 170 Å². The van der Waals surface area contributed by atoms with Gasteiger partial charge in [-0.25, -0.2) is 4.79 Å². The number of hydrogen-bond acceptors (Lipinski definition) is 6. The Kier molecular flexibility index (Phi) is 7.18. The summed E-state index contributed by atoms with van der Waals surface area (Å²) in [5.41, 5.74) is 0. The molecule has 3 unspecified atom stereocenters. The number of nitrogens with one attached hydrogen (secondary N) is 1. The smallest absolute Gasteiger partial charge is 0.333 e. The lowest BCUT2D eigenvalue weighted by Crippen LogP contribution is -2.46. The summed E-state index contributed by atoms with van der Waals surface area (Å²) in [5.74, 6) is -5.73. The molecule has 0 heterocycles. The molecule has 0 aromatic rings. The van der Waals surface area contributed by atoms with Gasteiger partial charge in [0, 0.05) is 0 Å². The van der Waals surface area contributed by atoms with Gasteiger partial charge in [0.2, 0.25) is 0 Å². The van der Waals surface area contributed by atoms with Gasteiger partial charge in [-0.15, -0.1) is 0 Å². The Balaban J connectivity index is 4.59. The summed E-state index contributed by atoms with van der Waals surface area (Å²) in [6.07, 6.45) is -4.37. The molecular weight excluding hydrogens is 278 g/mol. The molecule has 0 fully saturated rings. The lowest BCUT2D eigenvalue weighted by Gasteiger charge is -2.22. The van der Waals surface area contributed by atoms with Gasteiger partial charge in [0.05, 0.1) is 12.8 Å². The second-order valence-electron chi connectivity index (χ2n) is 3.86. The maximum absolute atomic E-state index is 10.8. The average molecular weight is 293 g/mol. The van der Waals surface area contributed by atoms with Gasteiger partial charge in [-0.1, -0.05) is 0 Å². The second-order valence-corrected chi connectivity index (χ2v) is 3.86. The molecule has 0 aromatic carbocycles. The first-order chi connectivity index (χ1) is 9.13. The lowest BCUT2D eigenvalue weighted by atomic mass is 10.2. The predicted octanol–water partition coefficient (Wildman–Crippen LogP) is -1.21. The molecule has 114 valence electrons. The van der Waals surface area contributed by atoms with Crippen LogP contribution in [0.2, 0.25) is 0 Å². The third-order valence-electron chi connectivity index (χ3n) is 2.12. The molecule has 0 rings (SSSR count). The highest BCUT2D eigenvalue weighted by molar-refractivity contribution is 5.81. The van der Waals surface area contributed by atoms with E-state index in [0.29, 0.717) is 0 Å². The normalized spacial score (nSPS) is 15.1. The Morgan fingerprint density at radius 3 is 1.80 bits per heavy atom. The molecule has 20 heavy (non-hydrogen) atoms. The maximum Gasteiger partial charge on any atom is 0.333 e. The zero-order valence-electron chi connectivity index (χ0n) is 10.5. The van der Waals surface area contributed by atoms with E-state index >= 15 is 0 Å². The van der Waals surface area contributed by atoms with Gasteiger partial charge in [-0.05, 0) is 6.92 Å². The van der Waals surface area contributed by atoms with Crippen molar-refractivity contribution in [2.75, 3.05) is 0 Å². The highest BCUT2D eigenvalue weighted by Gasteiger charge is 2.27. The second kappa shape index (κ2) is 8.07. The summed E-state index contributed by atoms with van der Waals surface area (Å²) in [7, 11) is 0. The zero-order valence-corrected chi connectivity index (χ0v) is 10.5. The molecule has 0 saturated carbocycles. The van der Waals surface area contributed by atoms with Crippen LogP contribution in [0.3, 0.4) is 0 Å². The fourth-order valence-corrected chi connectivity index (χ4v) is 1.31. The zero-order chi connectivity index (χ0) is 15.9. The number of aliphatic carboxylic acids is 4. The molecule has 0 saturated heterocycles. The lowest BCUT2D eigenvalue weighted by molar-refractivity contribution is -0.163. The molecule has 0 aromatic heterocycles. The number of carboxylic acid groups (broad SMARTS) is 4. The van der Waals surface area contributed by atoms with E-state index in [1.807, 2.05) is 0 Å². The van der Waals surface area contributed by atoms with Crippen molar-refractivity contribution in [2.24, 2.45) is 0 Å². The Morgan fingerprint density at radius 2 is 1.45 bits per heavy atom. The van der Waals surface area contributed by atoms with E-state index in [1.165, 1.54) is 6.92 Å². The summed E-state index contributed by atoms with van der Waals surface area (Å²) in [6.45, 7) is 1.25. The molecule has 10 nitrogen and oxygen atoms in total. The van der Waals surface area contributed by atoms with Crippen LogP contribution in [0.25, 0.3) is 0 Å². The van der Waals surface area contributed by atoms with Crippen LogP contribution < -0.4 is 5.32 Å². The molecule has 0 aliphatic heterocycles. The molecule has 0 amide bonds. The van der Waals surface area contributed by atoms with Crippen molar-refractivity contribution < 1.29 is 44.3 Å². The third kappa shape index (κ3) is 7.28. The Morgan fingerprint density at radius 1 is 0.950 bits per heavy atom. The molecule has 0 aliphatic rings. The SMILES string of the molecule is CC(NC(CC(=O)O)C(=O)O)OC(CC(=O)O)C(=O)O. The van der Waals surface area contributed by atoms with Crippen molar-refractivity contribution in [1.82, 2.24) is 5.32 Å². The number of ether oxygens (including phenoxy) is 1. The third-order valence-corrected chi connectivity index (χ3v) is 2.12. The molecule has 10 heteroatoms. The van der Waals surface area contributed by atoms with Crippen LogP contribution in [0, 0.1) is 0 Å². The molecule has 3 atom stereocenters. The van der Waals surface area contributed by atoms with Gasteiger partial charge in [-0.3, -0.25) is 19.7 Å². The van der Waals surface area contributed by atoms with Gasteiger partial charge in [0.15, 0.2) is 6.10 Å². The van der Waals surface area contributed by atoms with E-state index in [4.69, 9.17) is 25.2 Å². The first-order valence-corrected chi connectivity index (χ1v) is 5.44.